The van der Waals surface area contributed by atoms with Crippen LogP contribution in [0.2, 0.25) is 0 Å². The fourth-order valence-electron chi connectivity index (χ4n) is 1.79. The molecule has 0 saturated carbocycles. The van der Waals surface area contributed by atoms with Crippen molar-refractivity contribution in [2.45, 2.75) is 13.2 Å². The molecule has 2 aromatic carbocycles. The van der Waals surface area contributed by atoms with E-state index in [0.29, 0.717) is 16.8 Å². The molecule has 0 spiro atoms. The summed E-state index contributed by atoms with van der Waals surface area (Å²) in [5.41, 5.74) is 2.21. The van der Waals surface area contributed by atoms with Gasteiger partial charge in [-0.05, 0) is 30.8 Å². The quantitative estimate of drug-likeness (QED) is 0.785. The summed E-state index contributed by atoms with van der Waals surface area (Å²) in [5, 5.41) is 3.10. The van der Waals surface area contributed by atoms with Crippen molar-refractivity contribution in [1.82, 2.24) is 5.32 Å². The highest BCUT2D eigenvalue weighted by molar-refractivity contribution is 9.10. The van der Waals surface area contributed by atoms with Gasteiger partial charge in [0.2, 0.25) is 0 Å². The molecule has 2 aromatic rings. The molecule has 5 heteroatoms. The van der Waals surface area contributed by atoms with Crippen molar-refractivity contribution in [2.24, 2.45) is 0 Å². The first-order valence-electron chi connectivity index (χ1n) is 6.09. The van der Waals surface area contributed by atoms with Crippen molar-refractivity contribution >= 4 is 31.9 Å². The number of hydrogen-bond donors (Lipinski definition) is 1. The molecule has 0 fully saturated rings. The second-order valence-electron chi connectivity index (χ2n) is 4.35. The maximum absolute atomic E-state index is 13.2. The number of ether oxygens (including phenoxy) is 1. The van der Waals surface area contributed by atoms with Crippen LogP contribution < -0.4 is 10.1 Å². The Morgan fingerprint density at radius 2 is 1.95 bits per heavy atom. The molecule has 0 saturated heterocycles. The Balaban J connectivity index is 2.06. The van der Waals surface area contributed by atoms with Crippen LogP contribution in [0.5, 0.6) is 5.75 Å². The lowest BCUT2D eigenvalue weighted by atomic mass is 10.1. The lowest BCUT2D eigenvalue weighted by Crippen LogP contribution is -2.05. The van der Waals surface area contributed by atoms with E-state index in [0.717, 1.165) is 16.6 Å². The number of nitrogens with one attached hydrogen (secondary N) is 1. The second kappa shape index (κ2) is 7.20. The van der Waals surface area contributed by atoms with Crippen LogP contribution >= 0.6 is 31.9 Å². The van der Waals surface area contributed by atoms with Gasteiger partial charge in [0, 0.05) is 27.1 Å². The molecule has 0 amide bonds. The fraction of sp³-hybridized carbons (Fsp3) is 0.200. The van der Waals surface area contributed by atoms with Gasteiger partial charge in [0.1, 0.15) is 18.2 Å². The number of halogens is 3. The van der Waals surface area contributed by atoms with Crippen LogP contribution in [-0.2, 0) is 13.2 Å². The highest BCUT2D eigenvalue weighted by Gasteiger charge is 2.04. The Labute approximate surface area is 134 Å². The molecule has 0 aromatic heterocycles. The van der Waals surface area contributed by atoms with Gasteiger partial charge in [0.15, 0.2) is 0 Å². The predicted octanol–water partition coefficient (Wildman–Crippen LogP) is 4.65. The van der Waals surface area contributed by atoms with Crippen molar-refractivity contribution in [2.75, 3.05) is 7.05 Å². The molecule has 0 radical (unpaired) electrons. The summed E-state index contributed by atoms with van der Waals surface area (Å²) in [6.45, 7) is 1.20. The SMILES string of the molecule is CNCc1ccc(COc2cc(F)cc(Br)c2)c(Br)c1. The van der Waals surface area contributed by atoms with Crippen molar-refractivity contribution in [1.29, 1.82) is 0 Å². The Bertz CT molecular complexity index is 584. The smallest absolute Gasteiger partial charge is 0.128 e. The van der Waals surface area contributed by atoms with E-state index in [1.807, 2.05) is 19.2 Å². The maximum Gasteiger partial charge on any atom is 0.128 e. The third-order valence-electron chi connectivity index (χ3n) is 2.73. The molecule has 2 rings (SSSR count). The van der Waals surface area contributed by atoms with Crippen LogP contribution in [0.3, 0.4) is 0 Å². The zero-order chi connectivity index (χ0) is 14.5. The van der Waals surface area contributed by atoms with E-state index in [1.54, 1.807) is 6.07 Å². The van der Waals surface area contributed by atoms with Crippen LogP contribution in [0, 0.1) is 5.82 Å². The first-order valence-corrected chi connectivity index (χ1v) is 7.68. The zero-order valence-electron chi connectivity index (χ0n) is 10.9. The monoisotopic (exact) mass is 401 g/mol. The molecular weight excluding hydrogens is 389 g/mol. The Hall–Kier alpha value is -0.910. The van der Waals surface area contributed by atoms with E-state index in [2.05, 4.69) is 43.2 Å². The molecule has 106 valence electrons. The highest BCUT2D eigenvalue weighted by Crippen LogP contribution is 2.24. The minimum absolute atomic E-state index is 0.321. The highest BCUT2D eigenvalue weighted by atomic mass is 79.9. The summed E-state index contributed by atoms with van der Waals surface area (Å²) in [6, 6.07) is 10.6. The Kier molecular flexibility index (Phi) is 5.57. The molecule has 2 nitrogen and oxygen atoms in total. The molecule has 20 heavy (non-hydrogen) atoms. The van der Waals surface area contributed by atoms with E-state index in [4.69, 9.17) is 4.74 Å². The van der Waals surface area contributed by atoms with E-state index >= 15 is 0 Å². The first kappa shape index (κ1) is 15.5. The van der Waals surface area contributed by atoms with Gasteiger partial charge in [0.05, 0.1) is 0 Å². The summed E-state index contributed by atoms with van der Waals surface area (Å²) in [5.74, 6) is 0.181. The summed E-state index contributed by atoms with van der Waals surface area (Å²) < 4.78 is 20.5. The van der Waals surface area contributed by atoms with E-state index < -0.39 is 0 Å². The standard InChI is InChI=1S/C15H14Br2FNO/c1-19-8-10-2-3-11(15(17)4-10)9-20-14-6-12(16)5-13(18)7-14/h2-7,19H,8-9H2,1H3. The van der Waals surface area contributed by atoms with Crippen LogP contribution in [0.25, 0.3) is 0 Å². The van der Waals surface area contributed by atoms with Crippen LogP contribution in [-0.4, -0.2) is 7.05 Å². The van der Waals surface area contributed by atoms with Crippen molar-refractivity contribution in [3.05, 3.63) is 62.3 Å². The lowest BCUT2D eigenvalue weighted by molar-refractivity contribution is 0.303. The van der Waals surface area contributed by atoms with E-state index in [1.165, 1.54) is 17.7 Å². The summed E-state index contributed by atoms with van der Waals surface area (Å²) in [4.78, 5) is 0. The third kappa shape index (κ3) is 4.30. The molecule has 1 N–H and O–H groups in total. The molecule has 0 unspecified atom stereocenters. The van der Waals surface area contributed by atoms with Gasteiger partial charge >= 0.3 is 0 Å². The number of rotatable bonds is 5. The van der Waals surface area contributed by atoms with Gasteiger partial charge in [-0.15, -0.1) is 0 Å². The molecule has 0 atom stereocenters. The normalized spacial score (nSPS) is 10.6. The summed E-state index contributed by atoms with van der Waals surface area (Å²) >= 11 is 6.77. The average molecular weight is 403 g/mol. The van der Waals surface area contributed by atoms with Gasteiger partial charge in [-0.2, -0.15) is 0 Å². The van der Waals surface area contributed by atoms with Gasteiger partial charge in [-0.1, -0.05) is 44.0 Å². The summed E-state index contributed by atoms with van der Waals surface area (Å²) in [6.07, 6.45) is 0. The van der Waals surface area contributed by atoms with E-state index in [9.17, 15) is 4.39 Å². The van der Waals surface area contributed by atoms with Crippen LogP contribution in [0.15, 0.2) is 45.3 Å². The maximum atomic E-state index is 13.2. The predicted molar refractivity (Wildman–Crippen MR) is 85.3 cm³/mol. The minimum Gasteiger partial charge on any atom is -0.489 e. The Morgan fingerprint density at radius 3 is 2.60 bits per heavy atom. The van der Waals surface area contributed by atoms with E-state index in [-0.39, 0.29) is 5.82 Å². The largest absolute Gasteiger partial charge is 0.489 e. The van der Waals surface area contributed by atoms with Gasteiger partial charge in [0.25, 0.3) is 0 Å². The zero-order valence-corrected chi connectivity index (χ0v) is 14.1. The Morgan fingerprint density at radius 1 is 1.15 bits per heavy atom. The van der Waals surface area contributed by atoms with Gasteiger partial charge < -0.3 is 10.1 Å². The molecule has 0 aliphatic carbocycles. The van der Waals surface area contributed by atoms with Gasteiger partial charge in [-0.3, -0.25) is 0 Å². The molecule has 0 heterocycles. The first-order chi connectivity index (χ1) is 9.58. The number of hydrogen-bond acceptors (Lipinski definition) is 2. The fourth-order valence-corrected chi connectivity index (χ4v) is 2.78. The van der Waals surface area contributed by atoms with Crippen LogP contribution in [0.4, 0.5) is 4.39 Å². The topological polar surface area (TPSA) is 21.3 Å². The lowest BCUT2D eigenvalue weighted by Gasteiger charge is -2.10. The molecular formula is C15H14Br2FNO. The molecule has 0 aliphatic rings. The minimum atomic E-state index is -0.321. The molecule has 0 bridgehead atoms. The number of benzene rings is 2. The third-order valence-corrected chi connectivity index (χ3v) is 3.92. The van der Waals surface area contributed by atoms with Crippen molar-refractivity contribution in [3.63, 3.8) is 0 Å². The average Bonchev–Trinajstić information content (AvgIpc) is 2.37. The van der Waals surface area contributed by atoms with Gasteiger partial charge in [-0.25, -0.2) is 4.39 Å². The molecule has 0 aliphatic heterocycles. The second-order valence-corrected chi connectivity index (χ2v) is 6.12. The summed E-state index contributed by atoms with van der Waals surface area (Å²) in [7, 11) is 1.91. The van der Waals surface area contributed by atoms with Crippen molar-refractivity contribution in [3.8, 4) is 5.75 Å². The van der Waals surface area contributed by atoms with Crippen molar-refractivity contribution < 1.29 is 9.13 Å². The van der Waals surface area contributed by atoms with Crippen LogP contribution in [0.1, 0.15) is 11.1 Å².